The van der Waals surface area contributed by atoms with Crippen LogP contribution in [0.1, 0.15) is 18.3 Å². The predicted molar refractivity (Wildman–Crippen MR) is 56.5 cm³/mol. The van der Waals surface area contributed by atoms with Gasteiger partial charge in [-0.2, -0.15) is 0 Å². The van der Waals surface area contributed by atoms with Crippen LogP contribution in [0, 0.1) is 6.92 Å². The molecule has 14 heavy (non-hydrogen) atoms. The van der Waals surface area contributed by atoms with E-state index in [1.54, 1.807) is 6.92 Å². The smallest absolute Gasteiger partial charge is 0.259 e. The van der Waals surface area contributed by atoms with Gasteiger partial charge in [-0.05, 0) is 25.0 Å². The van der Waals surface area contributed by atoms with Crippen LogP contribution in [0.15, 0.2) is 23.0 Å². The van der Waals surface area contributed by atoms with Crippen molar-refractivity contribution >= 4 is 10.9 Å². The minimum atomic E-state index is -0.0371. The van der Waals surface area contributed by atoms with Crippen LogP contribution in [0.25, 0.3) is 10.9 Å². The first-order valence-electron chi connectivity index (χ1n) is 4.71. The Hall–Kier alpha value is -1.64. The summed E-state index contributed by atoms with van der Waals surface area (Å²) in [5, 5.41) is 0.723. The summed E-state index contributed by atoms with van der Waals surface area (Å²) in [6, 6.07) is 5.78. The van der Waals surface area contributed by atoms with Gasteiger partial charge in [0.2, 0.25) is 0 Å². The summed E-state index contributed by atoms with van der Waals surface area (Å²) < 4.78 is 0. The van der Waals surface area contributed by atoms with E-state index in [-0.39, 0.29) is 5.56 Å². The lowest BCUT2D eigenvalue weighted by Gasteiger charge is -2.02. The summed E-state index contributed by atoms with van der Waals surface area (Å²) in [5.74, 6) is 0.663. The molecule has 1 aromatic heterocycles. The van der Waals surface area contributed by atoms with Gasteiger partial charge in [0.15, 0.2) is 0 Å². The molecule has 0 unspecified atom stereocenters. The lowest BCUT2D eigenvalue weighted by Crippen LogP contribution is -2.11. The molecule has 0 aliphatic carbocycles. The maximum atomic E-state index is 11.7. The molecule has 3 nitrogen and oxygen atoms in total. The van der Waals surface area contributed by atoms with E-state index >= 15 is 0 Å². The molecule has 0 saturated carbocycles. The summed E-state index contributed by atoms with van der Waals surface area (Å²) in [6.07, 6.45) is 0.852. The van der Waals surface area contributed by atoms with Crippen molar-refractivity contribution in [2.75, 3.05) is 0 Å². The molecule has 0 radical (unpaired) electrons. The highest BCUT2D eigenvalue weighted by atomic mass is 16.1. The molecule has 0 bridgehead atoms. The van der Waals surface area contributed by atoms with E-state index in [0.717, 1.165) is 22.9 Å². The summed E-state index contributed by atoms with van der Waals surface area (Å²) in [7, 11) is 0. The standard InChI is InChI=1S/C11H12N2O/c1-3-8-5-4-6-9-10(8)11(14)13-7(2)12-9/h4-6H,3H2,1-2H3,(H,12,13,14). The van der Waals surface area contributed by atoms with Crippen molar-refractivity contribution in [3.05, 3.63) is 39.9 Å². The van der Waals surface area contributed by atoms with Gasteiger partial charge in [-0.3, -0.25) is 4.79 Å². The van der Waals surface area contributed by atoms with Crippen molar-refractivity contribution in [2.24, 2.45) is 0 Å². The van der Waals surface area contributed by atoms with Gasteiger partial charge in [-0.15, -0.1) is 0 Å². The molecule has 72 valence electrons. The first-order chi connectivity index (χ1) is 6.72. The number of nitrogens with one attached hydrogen (secondary N) is 1. The number of benzene rings is 1. The molecule has 1 N–H and O–H groups in total. The number of H-pyrrole nitrogens is 1. The lowest BCUT2D eigenvalue weighted by molar-refractivity contribution is 1.05. The van der Waals surface area contributed by atoms with Crippen LogP contribution in [-0.4, -0.2) is 9.97 Å². The van der Waals surface area contributed by atoms with Crippen LogP contribution in [0.4, 0.5) is 0 Å². The third-order valence-electron chi connectivity index (χ3n) is 2.32. The Morgan fingerprint density at radius 3 is 2.93 bits per heavy atom. The average Bonchev–Trinajstić information content (AvgIpc) is 2.16. The first-order valence-corrected chi connectivity index (χ1v) is 4.71. The number of rotatable bonds is 1. The van der Waals surface area contributed by atoms with Crippen molar-refractivity contribution in [1.29, 1.82) is 0 Å². The summed E-state index contributed by atoms with van der Waals surface area (Å²) in [5.41, 5.74) is 1.80. The van der Waals surface area contributed by atoms with Gasteiger partial charge in [0, 0.05) is 0 Å². The molecule has 0 amide bonds. The van der Waals surface area contributed by atoms with Crippen molar-refractivity contribution in [3.63, 3.8) is 0 Å². The maximum absolute atomic E-state index is 11.7. The Labute approximate surface area is 81.8 Å². The fraction of sp³-hybridized carbons (Fsp3) is 0.273. The Morgan fingerprint density at radius 1 is 1.43 bits per heavy atom. The predicted octanol–water partition coefficient (Wildman–Crippen LogP) is 1.79. The van der Waals surface area contributed by atoms with Crippen LogP contribution in [0.2, 0.25) is 0 Å². The Bertz CT molecular complexity index is 528. The average molecular weight is 188 g/mol. The highest BCUT2D eigenvalue weighted by Crippen LogP contribution is 2.12. The summed E-state index contributed by atoms with van der Waals surface area (Å²) in [6.45, 7) is 3.83. The highest BCUT2D eigenvalue weighted by molar-refractivity contribution is 5.81. The van der Waals surface area contributed by atoms with Crippen molar-refractivity contribution in [2.45, 2.75) is 20.3 Å². The molecule has 1 aromatic carbocycles. The number of aromatic nitrogens is 2. The first kappa shape index (κ1) is 8.94. The Kier molecular flexibility index (Phi) is 2.08. The second-order valence-corrected chi connectivity index (χ2v) is 3.32. The van der Waals surface area contributed by atoms with Gasteiger partial charge in [0.05, 0.1) is 10.9 Å². The van der Waals surface area contributed by atoms with Gasteiger partial charge in [0.1, 0.15) is 5.82 Å². The third-order valence-corrected chi connectivity index (χ3v) is 2.32. The van der Waals surface area contributed by atoms with Crippen LogP contribution in [0.5, 0.6) is 0 Å². The van der Waals surface area contributed by atoms with E-state index in [1.165, 1.54) is 0 Å². The number of hydrogen-bond acceptors (Lipinski definition) is 2. The molecule has 3 heteroatoms. The fourth-order valence-corrected chi connectivity index (χ4v) is 1.67. The number of aryl methyl sites for hydroxylation is 2. The SMILES string of the molecule is CCc1cccc2nc(C)[nH]c(=O)c12. The fourth-order valence-electron chi connectivity index (χ4n) is 1.67. The number of fused-ring (bicyclic) bond motifs is 1. The molecular formula is C11H12N2O. The monoisotopic (exact) mass is 188 g/mol. The molecule has 1 heterocycles. The van der Waals surface area contributed by atoms with Crippen molar-refractivity contribution < 1.29 is 0 Å². The number of nitrogens with zero attached hydrogens (tertiary/aromatic N) is 1. The zero-order valence-electron chi connectivity index (χ0n) is 8.29. The van der Waals surface area contributed by atoms with E-state index < -0.39 is 0 Å². The quantitative estimate of drug-likeness (QED) is 0.741. The van der Waals surface area contributed by atoms with Crippen molar-refractivity contribution in [3.8, 4) is 0 Å². The zero-order valence-corrected chi connectivity index (χ0v) is 8.29. The number of hydrogen-bond donors (Lipinski definition) is 1. The molecule has 2 aromatic rings. The minimum absolute atomic E-state index is 0.0371. The Balaban J connectivity index is 2.94. The molecule has 0 fully saturated rings. The molecule has 0 atom stereocenters. The van der Waals surface area contributed by atoms with Crippen LogP contribution in [-0.2, 0) is 6.42 Å². The van der Waals surface area contributed by atoms with Crippen LogP contribution >= 0.6 is 0 Å². The number of aromatic amines is 1. The van der Waals surface area contributed by atoms with Crippen LogP contribution in [0.3, 0.4) is 0 Å². The van der Waals surface area contributed by atoms with Crippen molar-refractivity contribution in [1.82, 2.24) is 9.97 Å². The van der Waals surface area contributed by atoms with E-state index in [1.807, 2.05) is 25.1 Å². The molecule has 0 aliphatic heterocycles. The third kappa shape index (κ3) is 1.31. The van der Waals surface area contributed by atoms with Gasteiger partial charge < -0.3 is 4.98 Å². The van der Waals surface area contributed by atoms with Gasteiger partial charge >= 0.3 is 0 Å². The maximum Gasteiger partial charge on any atom is 0.259 e. The van der Waals surface area contributed by atoms with Gasteiger partial charge in [-0.1, -0.05) is 19.1 Å². The van der Waals surface area contributed by atoms with Crippen LogP contribution < -0.4 is 5.56 Å². The zero-order chi connectivity index (χ0) is 10.1. The normalized spacial score (nSPS) is 10.7. The van der Waals surface area contributed by atoms with E-state index in [9.17, 15) is 4.79 Å². The van der Waals surface area contributed by atoms with Gasteiger partial charge in [-0.25, -0.2) is 4.98 Å². The van der Waals surface area contributed by atoms with E-state index in [2.05, 4.69) is 9.97 Å². The van der Waals surface area contributed by atoms with E-state index in [0.29, 0.717) is 5.82 Å². The molecular weight excluding hydrogens is 176 g/mol. The summed E-state index contributed by atoms with van der Waals surface area (Å²) in [4.78, 5) is 18.7. The Morgan fingerprint density at radius 2 is 2.21 bits per heavy atom. The lowest BCUT2D eigenvalue weighted by atomic mass is 10.1. The second-order valence-electron chi connectivity index (χ2n) is 3.32. The van der Waals surface area contributed by atoms with Gasteiger partial charge in [0.25, 0.3) is 5.56 Å². The summed E-state index contributed by atoms with van der Waals surface area (Å²) >= 11 is 0. The second kappa shape index (κ2) is 3.25. The topological polar surface area (TPSA) is 45.8 Å². The van der Waals surface area contributed by atoms with E-state index in [4.69, 9.17) is 0 Å². The molecule has 0 saturated heterocycles. The molecule has 0 aliphatic rings. The largest absolute Gasteiger partial charge is 0.310 e. The molecule has 0 spiro atoms. The highest BCUT2D eigenvalue weighted by Gasteiger charge is 2.04. The minimum Gasteiger partial charge on any atom is -0.310 e. The molecule has 2 rings (SSSR count).